The maximum atomic E-state index is 13.2. The highest BCUT2D eigenvalue weighted by molar-refractivity contribution is 6.30. The Bertz CT molecular complexity index is 1160. The molecule has 1 unspecified atom stereocenters. The van der Waals surface area contributed by atoms with E-state index in [1.54, 1.807) is 13.8 Å². The Morgan fingerprint density at radius 3 is 2.47 bits per heavy atom. The summed E-state index contributed by atoms with van der Waals surface area (Å²) in [5.41, 5.74) is 2.77. The maximum Gasteiger partial charge on any atom is 0.453 e. The van der Waals surface area contributed by atoms with E-state index in [1.165, 1.54) is 0 Å². The summed E-state index contributed by atoms with van der Waals surface area (Å²) in [5, 5.41) is 4.21. The van der Waals surface area contributed by atoms with E-state index in [0.29, 0.717) is 28.4 Å². The number of aryl methyl sites for hydroxylation is 2. The lowest BCUT2D eigenvalue weighted by Crippen LogP contribution is -2.35. The number of halogens is 4. The van der Waals surface area contributed by atoms with E-state index in [0.717, 1.165) is 22.9 Å². The minimum absolute atomic E-state index is 0.00316. The van der Waals surface area contributed by atoms with Crippen molar-refractivity contribution in [3.05, 3.63) is 57.6 Å². The summed E-state index contributed by atoms with van der Waals surface area (Å²) >= 11 is 5.99. The van der Waals surface area contributed by atoms with Gasteiger partial charge in [-0.05, 0) is 63.3 Å². The number of hydrogen-bond acceptors (Lipinski definition) is 4. The molecule has 4 rings (SSSR count). The SMILES string of the molecule is Cc1nc2nc(C(F)(F)F)nn2c(C)c1CCC(=O)N(C1CC1)C(C)c1ccc(Cl)cc1. The molecule has 0 aliphatic heterocycles. The van der Waals surface area contributed by atoms with Gasteiger partial charge in [0.1, 0.15) is 0 Å². The second-order valence-corrected chi connectivity index (χ2v) is 8.60. The zero-order chi connectivity index (χ0) is 23.2. The summed E-state index contributed by atoms with van der Waals surface area (Å²) in [5.74, 6) is -1.32. The van der Waals surface area contributed by atoms with Crippen molar-refractivity contribution in [2.75, 3.05) is 0 Å². The Labute approximate surface area is 188 Å². The predicted molar refractivity (Wildman–Crippen MR) is 113 cm³/mol. The van der Waals surface area contributed by atoms with Crippen LogP contribution < -0.4 is 0 Å². The van der Waals surface area contributed by atoms with Crippen LogP contribution >= 0.6 is 11.6 Å². The Kier molecular flexibility index (Phi) is 5.87. The van der Waals surface area contributed by atoms with Gasteiger partial charge in [-0.2, -0.15) is 18.2 Å². The van der Waals surface area contributed by atoms with Crippen LogP contribution in [0.1, 0.15) is 60.6 Å². The molecule has 1 fully saturated rings. The third-order valence-electron chi connectivity index (χ3n) is 5.89. The first kappa shape index (κ1) is 22.5. The number of benzene rings is 1. The summed E-state index contributed by atoms with van der Waals surface area (Å²) in [7, 11) is 0. The molecule has 0 saturated heterocycles. The predicted octanol–water partition coefficient (Wildman–Crippen LogP) is 5.10. The summed E-state index contributed by atoms with van der Waals surface area (Å²) < 4.78 is 40.1. The van der Waals surface area contributed by atoms with Crippen LogP contribution in [0.4, 0.5) is 13.2 Å². The zero-order valence-corrected chi connectivity index (χ0v) is 18.7. The van der Waals surface area contributed by atoms with Crippen LogP contribution in [0.3, 0.4) is 0 Å². The summed E-state index contributed by atoms with van der Waals surface area (Å²) in [4.78, 5) is 22.8. The van der Waals surface area contributed by atoms with E-state index < -0.39 is 12.0 Å². The molecule has 0 radical (unpaired) electrons. The number of carbonyl (C=O) groups is 1. The van der Waals surface area contributed by atoms with Gasteiger partial charge in [-0.3, -0.25) is 4.79 Å². The van der Waals surface area contributed by atoms with E-state index >= 15 is 0 Å². The second-order valence-electron chi connectivity index (χ2n) is 8.17. The quantitative estimate of drug-likeness (QED) is 0.508. The molecule has 0 spiro atoms. The number of alkyl halides is 3. The molecule has 0 bridgehead atoms. The number of amides is 1. The molecule has 6 nitrogen and oxygen atoms in total. The molecule has 1 aromatic carbocycles. The summed E-state index contributed by atoms with van der Waals surface area (Å²) in [6.07, 6.45) is -2.13. The van der Waals surface area contributed by atoms with Crippen LogP contribution in [0.25, 0.3) is 5.78 Å². The average molecular weight is 466 g/mol. The molecule has 1 aliphatic rings. The van der Waals surface area contributed by atoms with Gasteiger partial charge < -0.3 is 4.90 Å². The number of aromatic nitrogens is 4. The first-order chi connectivity index (χ1) is 15.1. The number of nitrogens with zero attached hydrogens (tertiary/aromatic N) is 5. The van der Waals surface area contributed by atoms with Crippen molar-refractivity contribution >= 4 is 23.3 Å². The molecule has 32 heavy (non-hydrogen) atoms. The molecule has 10 heteroatoms. The van der Waals surface area contributed by atoms with Gasteiger partial charge in [-0.1, -0.05) is 23.7 Å². The zero-order valence-electron chi connectivity index (χ0n) is 17.9. The number of rotatable bonds is 6. The van der Waals surface area contributed by atoms with Gasteiger partial charge in [-0.15, -0.1) is 5.10 Å². The minimum Gasteiger partial charge on any atom is -0.333 e. The molecule has 2 heterocycles. The Morgan fingerprint density at radius 1 is 1.22 bits per heavy atom. The Hall–Kier alpha value is -2.68. The molecule has 1 saturated carbocycles. The van der Waals surface area contributed by atoms with Crippen molar-refractivity contribution in [2.24, 2.45) is 0 Å². The monoisotopic (exact) mass is 465 g/mol. The number of carbonyl (C=O) groups excluding carboxylic acids is 1. The topological polar surface area (TPSA) is 63.4 Å². The fourth-order valence-corrected chi connectivity index (χ4v) is 4.17. The van der Waals surface area contributed by atoms with E-state index in [2.05, 4.69) is 15.1 Å². The van der Waals surface area contributed by atoms with Crippen molar-refractivity contribution in [2.45, 2.75) is 64.7 Å². The number of fused-ring (bicyclic) bond motifs is 1. The molecule has 1 amide bonds. The van der Waals surface area contributed by atoms with Gasteiger partial charge in [-0.25, -0.2) is 9.50 Å². The maximum absolute atomic E-state index is 13.2. The minimum atomic E-state index is -4.65. The molecule has 0 N–H and O–H groups in total. The van der Waals surface area contributed by atoms with Crippen molar-refractivity contribution in [3.8, 4) is 0 Å². The molecular weight excluding hydrogens is 443 g/mol. The Morgan fingerprint density at radius 2 is 1.88 bits per heavy atom. The van der Waals surface area contributed by atoms with E-state index in [-0.39, 0.29) is 30.2 Å². The smallest absolute Gasteiger partial charge is 0.333 e. The van der Waals surface area contributed by atoms with Gasteiger partial charge in [0, 0.05) is 28.9 Å². The van der Waals surface area contributed by atoms with Gasteiger partial charge in [0.25, 0.3) is 11.6 Å². The largest absolute Gasteiger partial charge is 0.453 e. The fourth-order valence-electron chi connectivity index (χ4n) is 4.04. The van der Waals surface area contributed by atoms with E-state index in [9.17, 15) is 18.0 Å². The van der Waals surface area contributed by atoms with Crippen LogP contribution in [0.5, 0.6) is 0 Å². The van der Waals surface area contributed by atoms with Crippen LogP contribution in [0, 0.1) is 13.8 Å². The first-order valence-electron chi connectivity index (χ1n) is 10.4. The van der Waals surface area contributed by atoms with E-state index in [1.807, 2.05) is 36.1 Å². The molecular formula is C22H23ClF3N5O. The molecule has 1 atom stereocenters. The Balaban J connectivity index is 1.55. The van der Waals surface area contributed by atoms with Crippen molar-refractivity contribution in [3.63, 3.8) is 0 Å². The third kappa shape index (κ3) is 4.44. The lowest BCUT2D eigenvalue weighted by Gasteiger charge is -2.30. The lowest BCUT2D eigenvalue weighted by molar-refractivity contribution is -0.144. The van der Waals surface area contributed by atoms with Gasteiger partial charge in [0.2, 0.25) is 5.91 Å². The van der Waals surface area contributed by atoms with Crippen molar-refractivity contribution in [1.82, 2.24) is 24.5 Å². The van der Waals surface area contributed by atoms with Gasteiger partial charge in [0.15, 0.2) is 0 Å². The highest BCUT2D eigenvalue weighted by Crippen LogP contribution is 2.35. The van der Waals surface area contributed by atoms with Crippen molar-refractivity contribution < 1.29 is 18.0 Å². The lowest BCUT2D eigenvalue weighted by atomic mass is 10.0. The highest BCUT2D eigenvalue weighted by atomic mass is 35.5. The van der Waals surface area contributed by atoms with Crippen LogP contribution in [-0.2, 0) is 17.4 Å². The first-order valence-corrected chi connectivity index (χ1v) is 10.8. The molecule has 1 aliphatic carbocycles. The number of hydrogen-bond donors (Lipinski definition) is 0. The van der Waals surface area contributed by atoms with Crippen LogP contribution in [-0.4, -0.2) is 36.4 Å². The van der Waals surface area contributed by atoms with Gasteiger partial charge >= 0.3 is 6.18 Å². The molecule has 3 aromatic rings. The van der Waals surface area contributed by atoms with Crippen LogP contribution in [0.15, 0.2) is 24.3 Å². The van der Waals surface area contributed by atoms with Crippen LogP contribution in [0.2, 0.25) is 5.02 Å². The normalized spacial score (nSPS) is 15.2. The summed E-state index contributed by atoms with van der Waals surface area (Å²) in [6.45, 7) is 5.38. The van der Waals surface area contributed by atoms with Gasteiger partial charge in [0.05, 0.1) is 6.04 Å². The average Bonchev–Trinajstić information content (AvgIpc) is 3.44. The summed E-state index contributed by atoms with van der Waals surface area (Å²) in [6, 6.07) is 7.57. The highest BCUT2D eigenvalue weighted by Gasteiger charge is 2.37. The fraction of sp³-hybridized carbons (Fsp3) is 0.455. The molecule has 2 aromatic heterocycles. The third-order valence-corrected chi connectivity index (χ3v) is 6.14. The standard InChI is InChI=1S/C22H23ClF3N5O/c1-12-18(14(3)31-21(27-12)28-20(29-31)22(24,25)26)10-11-19(32)30(17-8-9-17)13(2)15-4-6-16(23)7-5-15/h4-7,13,17H,8-11H2,1-3H3. The molecule has 170 valence electrons. The van der Waals surface area contributed by atoms with Crippen molar-refractivity contribution in [1.29, 1.82) is 0 Å². The van der Waals surface area contributed by atoms with E-state index in [4.69, 9.17) is 11.6 Å². The second kappa shape index (κ2) is 8.35.